The van der Waals surface area contributed by atoms with Crippen LogP contribution in [0.5, 0.6) is 5.75 Å². The Hall–Kier alpha value is -0.890. The quantitative estimate of drug-likeness (QED) is 0.783. The normalized spacial score (nSPS) is 10.6. The Labute approximate surface area is 90.0 Å². The molecular formula is C11H16ClNO. The molecule has 0 heterocycles. The van der Waals surface area contributed by atoms with E-state index in [0.29, 0.717) is 23.2 Å². The zero-order valence-corrected chi connectivity index (χ0v) is 9.56. The van der Waals surface area contributed by atoms with Crippen molar-refractivity contribution in [2.45, 2.75) is 20.8 Å². The second-order valence-corrected chi connectivity index (χ2v) is 4.25. The van der Waals surface area contributed by atoms with Crippen LogP contribution in [0.1, 0.15) is 19.4 Å². The minimum Gasteiger partial charge on any atom is -0.493 e. The van der Waals surface area contributed by atoms with Crippen molar-refractivity contribution < 1.29 is 4.74 Å². The second kappa shape index (κ2) is 4.56. The summed E-state index contributed by atoms with van der Waals surface area (Å²) in [5.41, 5.74) is 7.28. The van der Waals surface area contributed by atoms with E-state index in [1.165, 1.54) is 0 Å². The molecule has 1 aromatic rings. The van der Waals surface area contributed by atoms with E-state index >= 15 is 0 Å². The van der Waals surface area contributed by atoms with Gasteiger partial charge in [-0.15, -0.1) is 0 Å². The number of nitrogens with two attached hydrogens (primary N) is 1. The van der Waals surface area contributed by atoms with Crippen LogP contribution in [0.25, 0.3) is 0 Å². The van der Waals surface area contributed by atoms with E-state index in [-0.39, 0.29) is 0 Å². The van der Waals surface area contributed by atoms with E-state index in [0.717, 1.165) is 11.3 Å². The summed E-state index contributed by atoms with van der Waals surface area (Å²) in [6.45, 7) is 6.87. The van der Waals surface area contributed by atoms with Crippen molar-refractivity contribution in [1.82, 2.24) is 0 Å². The van der Waals surface area contributed by atoms with Crippen molar-refractivity contribution in [1.29, 1.82) is 0 Å². The lowest BCUT2D eigenvalue weighted by Gasteiger charge is -2.12. The van der Waals surface area contributed by atoms with Gasteiger partial charge in [0.2, 0.25) is 0 Å². The first kappa shape index (κ1) is 11.2. The summed E-state index contributed by atoms with van der Waals surface area (Å²) in [7, 11) is 0. The Morgan fingerprint density at radius 1 is 1.43 bits per heavy atom. The molecule has 0 radical (unpaired) electrons. The van der Waals surface area contributed by atoms with Gasteiger partial charge in [-0.1, -0.05) is 25.4 Å². The minimum atomic E-state index is 0.505. The average Bonchev–Trinajstić information content (AvgIpc) is 2.09. The molecular weight excluding hydrogens is 198 g/mol. The van der Waals surface area contributed by atoms with Crippen molar-refractivity contribution in [3.63, 3.8) is 0 Å². The highest BCUT2D eigenvalue weighted by atomic mass is 35.5. The lowest BCUT2D eigenvalue weighted by atomic mass is 10.2. The fourth-order valence-corrected chi connectivity index (χ4v) is 1.25. The maximum Gasteiger partial charge on any atom is 0.123 e. The molecule has 0 aromatic heterocycles. The third-order valence-corrected chi connectivity index (χ3v) is 2.19. The van der Waals surface area contributed by atoms with Crippen LogP contribution in [-0.2, 0) is 0 Å². The van der Waals surface area contributed by atoms with Gasteiger partial charge in [0.25, 0.3) is 0 Å². The molecule has 14 heavy (non-hydrogen) atoms. The number of aryl methyl sites for hydroxylation is 1. The fraction of sp³-hybridized carbons (Fsp3) is 0.455. The molecule has 78 valence electrons. The Morgan fingerprint density at radius 2 is 2.07 bits per heavy atom. The zero-order valence-electron chi connectivity index (χ0n) is 8.80. The van der Waals surface area contributed by atoms with E-state index in [9.17, 15) is 0 Å². The maximum atomic E-state index is 5.90. The molecule has 2 N–H and O–H groups in total. The molecule has 0 aliphatic carbocycles. The maximum absolute atomic E-state index is 5.90. The van der Waals surface area contributed by atoms with Gasteiger partial charge in [0.15, 0.2) is 0 Å². The number of hydrogen-bond donors (Lipinski definition) is 1. The Kier molecular flexibility index (Phi) is 3.64. The van der Waals surface area contributed by atoms with E-state index in [4.69, 9.17) is 22.1 Å². The predicted molar refractivity (Wildman–Crippen MR) is 60.9 cm³/mol. The van der Waals surface area contributed by atoms with Gasteiger partial charge >= 0.3 is 0 Å². The van der Waals surface area contributed by atoms with Crippen molar-refractivity contribution in [2.75, 3.05) is 12.3 Å². The van der Waals surface area contributed by atoms with Crippen LogP contribution < -0.4 is 10.5 Å². The van der Waals surface area contributed by atoms with Gasteiger partial charge in [0.1, 0.15) is 5.75 Å². The lowest BCUT2D eigenvalue weighted by Crippen LogP contribution is -2.05. The molecule has 0 saturated heterocycles. The van der Waals surface area contributed by atoms with Crippen molar-refractivity contribution in [2.24, 2.45) is 5.92 Å². The number of rotatable bonds is 3. The molecule has 0 aliphatic rings. The van der Waals surface area contributed by atoms with Gasteiger partial charge in [-0.3, -0.25) is 0 Å². The first-order valence-electron chi connectivity index (χ1n) is 4.69. The van der Waals surface area contributed by atoms with Crippen LogP contribution in [0.3, 0.4) is 0 Å². The first-order valence-corrected chi connectivity index (χ1v) is 5.07. The molecule has 0 saturated carbocycles. The molecule has 0 atom stereocenters. The third kappa shape index (κ3) is 2.81. The molecule has 0 unspecified atom stereocenters. The SMILES string of the molecule is Cc1cc(N)c(Cl)cc1OCC(C)C. The number of anilines is 1. The number of ether oxygens (including phenoxy) is 1. The molecule has 1 rings (SSSR count). The van der Waals surface area contributed by atoms with E-state index < -0.39 is 0 Å². The number of nitrogen functional groups attached to an aromatic ring is 1. The van der Waals surface area contributed by atoms with Crippen LogP contribution in [0.4, 0.5) is 5.69 Å². The molecule has 1 aromatic carbocycles. The van der Waals surface area contributed by atoms with Gasteiger partial charge in [-0.25, -0.2) is 0 Å². The van der Waals surface area contributed by atoms with Crippen molar-refractivity contribution in [3.8, 4) is 5.75 Å². The monoisotopic (exact) mass is 213 g/mol. The number of hydrogen-bond acceptors (Lipinski definition) is 2. The number of halogens is 1. The average molecular weight is 214 g/mol. The predicted octanol–water partition coefficient (Wildman–Crippen LogP) is 3.27. The van der Waals surface area contributed by atoms with E-state index in [1.54, 1.807) is 6.07 Å². The summed E-state index contributed by atoms with van der Waals surface area (Å²) in [5, 5.41) is 0.550. The highest BCUT2D eigenvalue weighted by Crippen LogP contribution is 2.28. The smallest absolute Gasteiger partial charge is 0.123 e. The second-order valence-electron chi connectivity index (χ2n) is 3.84. The van der Waals surface area contributed by atoms with Gasteiger partial charge in [0, 0.05) is 6.07 Å². The zero-order chi connectivity index (χ0) is 10.7. The Bertz CT molecular complexity index is 323. The van der Waals surface area contributed by atoms with E-state index in [1.807, 2.05) is 13.0 Å². The molecule has 2 nitrogen and oxygen atoms in total. The molecule has 0 bridgehead atoms. The lowest BCUT2D eigenvalue weighted by molar-refractivity contribution is 0.269. The molecule has 0 amide bonds. The standard InChI is InChI=1S/C11H16ClNO/c1-7(2)6-14-11-5-9(12)10(13)4-8(11)3/h4-5,7H,6,13H2,1-3H3. The molecule has 0 spiro atoms. The van der Waals surface area contributed by atoms with Crippen LogP contribution in [0.2, 0.25) is 5.02 Å². The van der Waals surface area contributed by atoms with E-state index in [2.05, 4.69) is 13.8 Å². The summed E-state index contributed by atoms with van der Waals surface area (Å²) < 4.78 is 5.59. The summed E-state index contributed by atoms with van der Waals surface area (Å²) >= 11 is 5.90. The van der Waals surface area contributed by atoms with Crippen LogP contribution in [-0.4, -0.2) is 6.61 Å². The van der Waals surface area contributed by atoms with Crippen LogP contribution in [0.15, 0.2) is 12.1 Å². The Morgan fingerprint density at radius 3 is 2.64 bits per heavy atom. The summed E-state index contributed by atoms with van der Waals surface area (Å²) in [6.07, 6.45) is 0. The minimum absolute atomic E-state index is 0.505. The highest BCUT2D eigenvalue weighted by molar-refractivity contribution is 6.33. The largest absolute Gasteiger partial charge is 0.493 e. The van der Waals surface area contributed by atoms with Crippen molar-refractivity contribution in [3.05, 3.63) is 22.7 Å². The van der Waals surface area contributed by atoms with Crippen LogP contribution >= 0.6 is 11.6 Å². The Balaban J connectivity index is 2.82. The fourth-order valence-electron chi connectivity index (χ4n) is 1.10. The third-order valence-electron chi connectivity index (χ3n) is 1.87. The first-order chi connectivity index (χ1) is 6.50. The topological polar surface area (TPSA) is 35.2 Å². The summed E-state index contributed by atoms with van der Waals surface area (Å²) in [4.78, 5) is 0. The van der Waals surface area contributed by atoms with Crippen LogP contribution in [0, 0.1) is 12.8 Å². The van der Waals surface area contributed by atoms with Gasteiger partial charge in [0.05, 0.1) is 17.3 Å². The van der Waals surface area contributed by atoms with Gasteiger partial charge in [-0.05, 0) is 24.5 Å². The summed E-state index contributed by atoms with van der Waals surface area (Å²) in [5.74, 6) is 1.32. The number of benzene rings is 1. The van der Waals surface area contributed by atoms with Gasteiger partial charge < -0.3 is 10.5 Å². The van der Waals surface area contributed by atoms with Gasteiger partial charge in [-0.2, -0.15) is 0 Å². The highest BCUT2D eigenvalue weighted by Gasteiger charge is 2.05. The molecule has 0 fully saturated rings. The molecule has 3 heteroatoms. The summed E-state index contributed by atoms with van der Waals surface area (Å²) in [6, 6.07) is 3.60. The van der Waals surface area contributed by atoms with Crippen molar-refractivity contribution >= 4 is 17.3 Å². The molecule has 0 aliphatic heterocycles.